The molecule has 90 valence electrons. The van der Waals surface area contributed by atoms with E-state index in [0.29, 0.717) is 16.4 Å². The lowest BCUT2D eigenvalue weighted by molar-refractivity contribution is -0.384. The first kappa shape index (κ1) is 12.1. The quantitative estimate of drug-likeness (QED) is 0.615. The van der Waals surface area contributed by atoms with E-state index in [1.54, 1.807) is 13.1 Å². The first-order valence-electron chi connectivity index (χ1n) is 4.93. The Bertz CT molecular complexity index is 653. The zero-order valence-corrected chi connectivity index (χ0v) is 10.0. The number of nitriles is 1. The maximum atomic E-state index is 10.6. The minimum absolute atomic E-state index is 0.134. The summed E-state index contributed by atoms with van der Waals surface area (Å²) >= 11 is 5.88. The van der Waals surface area contributed by atoms with Crippen LogP contribution in [-0.4, -0.2) is 14.7 Å². The van der Waals surface area contributed by atoms with Crippen molar-refractivity contribution in [1.82, 2.24) is 9.78 Å². The van der Waals surface area contributed by atoms with Crippen LogP contribution in [0.25, 0.3) is 5.69 Å². The van der Waals surface area contributed by atoms with E-state index in [0.717, 1.165) is 0 Å². The van der Waals surface area contributed by atoms with Crippen LogP contribution >= 0.6 is 11.6 Å². The van der Waals surface area contributed by atoms with Crippen molar-refractivity contribution in [2.75, 3.05) is 0 Å². The van der Waals surface area contributed by atoms with E-state index in [-0.39, 0.29) is 11.3 Å². The Labute approximate surface area is 107 Å². The van der Waals surface area contributed by atoms with Crippen LogP contribution in [0.5, 0.6) is 0 Å². The molecule has 18 heavy (non-hydrogen) atoms. The number of nitro groups is 1. The Morgan fingerprint density at radius 2 is 2.28 bits per heavy atom. The SMILES string of the molecule is Cc1nn(-c2ccc([N+](=O)[O-])cc2C#N)cc1Cl. The van der Waals surface area contributed by atoms with E-state index >= 15 is 0 Å². The van der Waals surface area contributed by atoms with Crippen LogP contribution in [0.2, 0.25) is 5.02 Å². The van der Waals surface area contributed by atoms with Crippen LogP contribution in [0, 0.1) is 28.4 Å². The van der Waals surface area contributed by atoms with Crippen molar-refractivity contribution in [1.29, 1.82) is 5.26 Å². The van der Waals surface area contributed by atoms with E-state index in [1.165, 1.54) is 22.9 Å². The Morgan fingerprint density at radius 3 is 2.78 bits per heavy atom. The number of rotatable bonds is 2. The lowest BCUT2D eigenvalue weighted by Gasteiger charge is -2.03. The van der Waals surface area contributed by atoms with Crippen molar-refractivity contribution in [3.8, 4) is 11.8 Å². The summed E-state index contributed by atoms with van der Waals surface area (Å²) in [6, 6.07) is 5.91. The molecule has 0 bridgehead atoms. The molecule has 0 fully saturated rings. The van der Waals surface area contributed by atoms with Crippen LogP contribution in [-0.2, 0) is 0 Å². The summed E-state index contributed by atoms with van der Waals surface area (Å²) in [6.45, 7) is 1.73. The van der Waals surface area contributed by atoms with Gasteiger partial charge in [-0.1, -0.05) is 11.6 Å². The van der Waals surface area contributed by atoms with Gasteiger partial charge in [0.25, 0.3) is 5.69 Å². The highest BCUT2D eigenvalue weighted by molar-refractivity contribution is 6.31. The summed E-state index contributed by atoms with van der Waals surface area (Å²) < 4.78 is 1.43. The van der Waals surface area contributed by atoms with Gasteiger partial charge in [0, 0.05) is 18.3 Å². The predicted octanol–water partition coefficient (Wildman–Crippen LogP) is 2.61. The smallest absolute Gasteiger partial charge is 0.258 e. The molecule has 1 heterocycles. The number of hydrogen-bond acceptors (Lipinski definition) is 4. The molecule has 0 saturated carbocycles. The van der Waals surface area contributed by atoms with E-state index in [1.807, 2.05) is 6.07 Å². The zero-order valence-electron chi connectivity index (χ0n) is 9.29. The maximum absolute atomic E-state index is 10.6. The van der Waals surface area contributed by atoms with Crippen LogP contribution in [0.4, 0.5) is 5.69 Å². The van der Waals surface area contributed by atoms with Crippen LogP contribution < -0.4 is 0 Å². The van der Waals surface area contributed by atoms with Gasteiger partial charge < -0.3 is 0 Å². The molecule has 0 atom stereocenters. The average Bonchev–Trinajstić information content (AvgIpc) is 2.68. The van der Waals surface area contributed by atoms with Gasteiger partial charge >= 0.3 is 0 Å². The summed E-state index contributed by atoms with van der Waals surface area (Å²) in [7, 11) is 0. The Morgan fingerprint density at radius 1 is 1.56 bits per heavy atom. The molecule has 0 unspecified atom stereocenters. The van der Waals surface area contributed by atoms with E-state index in [2.05, 4.69) is 5.10 Å². The van der Waals surface area contributed by atoms with Crippen molar-refractivity contribution < 1.29 is 4.92 Å². The molecule has 2 rings (SSSR count). The van der Waals surface area contributed by atoms with Gasteiger partial charge in [0.1, 0.15) is 6.07 Å². The number of aryl methyl sites for hydroxylation is 1. The number of nitro benzene ring substituents is 1. The second-order valence-electron chi connectivity index (χ2n) is 3.58. The molecule has 0 amide bonds. The molecule has 0 saturated heterocycles. The van der Waals surface area contributed by atoms with Gasteiger partial charge in [0.2, 0.25) is 0 Å². The monoisotopic (exact) mass is 262 g/mol. The van der Waals surface area contributed by atoms with Gasteiger partial charge in [-0.05, 0) is 13.0 Å². The van der Waals surface area contributed by atoms with E-state index < -0.39 is 4.92 Å². The predicted molar refractivity (Wildman–Crippen MR) is 64.7 cm³/mol. The summed E-state index contributed by atoms with van der Waals surface area (Å²) in [6.07, 6.45) is 1.55. The summed E-state index contributed by atoms with van der Waals surface area (Å²) in [4.78, 5) is 10.1. The fraction of sp³-hybridized carbons (Fsp3) is 0.0909. The van der Waals surface area contributed by atoms with Gasteiger partial charge in [-0.2, -0.15) is 10.4 Å². The lowest BCUT2D eigenvalue weighted by atomic mass is 10.2. The van der Waals surface area contributed by atoms with Gasteiger partial charge in [0.15, 0.2) is 0 Å². The molecular formula is C11H7ClN4O2. The first-order valence-corrected chi connectivity index (χ1v) is 5.31. The molecular weight excluding hydrogens is 256 g/mol. The first-order chi connectivity index (χ1) is 8.52. The van der Waals surface area contributed by atoms with Gasteiger partial charge in [0.05, 0.1) is 26.9 Å². The van der Waals surface area contributed by atoms with Crippen LogP contribution in [0.15, 0.2) is 24.4 Å². The number of hydrogen-bond donors (Lipinski definition) is 0. The molecule has 0 radical (unpaired) electrons. The third kappa shape index (κ3) is 2.04. The summed E-state index contributed by atoms with van der Waals surface area (Å²) in [5.74, 6) is 0. The van der Waals surface area contributed by atoms with E-state index in [9.17, 15) is 10.1 Å². The Hall–Kier alpha value is -2.39. The van der Waals surface area contributed by atoms with Gasteiger partial charge in [-0.3, -0.25) is 10.1 Å². The Balaban J connectivity index is 2.58. The average molecular weight is 263 g/mol. The highest BCUT2D eigenvalue weighted by atomic mass is 35.5. The van der Waals surface area contributed by atoms with Gasteiger partial charge in [-0.25, -0.2) is 4.68 Å². The van der Waals surface area contributed by atoms with Crippen molar-refractivity contribution in [3.05, 3.63) is 50.8 Å². The fourth-order valence-corrected chi connectivity index (χ4v) is 1.62. The molecule has 1 aromatic heterocycles. The minimum Gasteiger partial charge on any atom is -0.258 e. The van der Waals surface area contributed by atoms with Crippen molar-refractivity contribution >= 4 is 17.3 Å². The highest BCUT2D eigenvalue weighted by Crippen LogP contribution is 2.22. The molecule has 7 heteroatoms. The number of aromatic nitrogens is 2. The van der Waals surface area contributed by atoms with E-state index in [4.69, 9.17) is 16.9 Å². The number of benzene rings is 1. The summed E-state index contributed by atoms with van der Waals surface area (Å²) in [5.41, 5.74) is 1.12. The molecule has 2 aromatic rings. The van der Waals surface area contributed by atoms with Crippen LogP contribution in [0.3, 0.4) is 0 Å². The third-order valence-corrected chi connectivity index (χ3v) is 2.77. The molecule has 0 N–H and O–H groups in total. The second-order valence-corrected chi connectivity index (χ2v) is 3.98. The third-order valence-electron chi connectivity index (χ3n) is 2.40. The highest BCUT2D eigenvalue weighted by Gasteiger charge is 2.13. The number of nitrogens with zero attached hydrogens (tertiary/aromatic N) is 4. The Kier molecular flexibility index (Phi) is 3.00. The van der Waals surface area contributed by atoms with Crippen LogP contribution in [0.1, 0.15) is 11.3 Å². The van der Waals surface area contributed by atoms with Crippen molar-refractivity contribution in [2.45, 2.75) is 6.92 Å². The molecule has 6 nitrogen and oxygen atoms in total. The molecule has 0 aliphatic rings. The second kappa shape index (κ2) is 4.47. The van der Waals surface area contributed by atoms with Gasteiger partial charge in [-0.15, -0.1) is 0 Å². The molecule has 0 aliphatic carbocycles. The molecule has 1 aromatic carbocycles. The largest absolute Gasteiger partial charge is 0.270 e. The number of non-ortho nitro benzene ring substituents is 1. The van der Waals surface area contributed by atoms with Crippen molar-refractivity contribution in [2.24, 2.45) is 0 Å². The zero-order chi connectivity index (χ0) is 13.3. The normalized spacial score (nSPS) is 10.1. The number of halogens is 1. The van der Waals surface area contributed by atoms with Crippen molar-refractivity contribution in [3.63, 3.8) is 0 Å². The minimum atomic E-state index is -0.550. The standard InChI is InChI=1S/C11H7ClN4O2/c1-7-10(12)6-15(14-7)11-3-2-9(16(17)18)4-8(11)5-13/h2-4,6H,1H3. The fourth-order valence-electron chi connectivity index (χ4n) is 1.49. The summed E-state index contributed by atoms with van der Waals surface area (Å²) in [5, 5.41) is 24.2. The molecule has 0 aliphatic heterocycles. The molecule has 0 spiro atoms. The topological polar surface area (TPSA) is 84.8 Å². The maximum Gasteiger partial charge on any atom is 0.270 e. The lowest BCUT2D eigenvalue weighted by Crippen LogP contribution is -1.99.